The van der Waals surface area contributed by atoms with Gasteiger partial charge in [-0.1, -0.05) is 0 Å². The van der Waals surface area contributed by atoms with Crippen LogP contribution in [0, 0.1) is 0 Å². The Balaban J connectivity index is 3.50. The minimum absolute atomic E-state index is 0.137. The molecule has 0 heterocycles. The summed E-state index contributed by atoms with van der Waals surface area (Å²) in [6, 6.07) is 0. The molecule has 0 aromatic rings. The van der Waals surface area contributed by atoms with Crippen molar-refractivity contribution in [2.24, 2.45) is 0 Å². The first-order chi connectivity index (χ1) is 8.11. The Kier molecular flexibility index (Phi) is 10.1. The third-order valence-corrected chi connectivity index (χ3v) is 2.28. The van der Waals surface area contributed by atoms with Gasteiger partial charge >= 0.3 is 0 Å². The molecule has 0 aliphatic rings. The maximum absolute atomic E-state index is 11.3. The molecule has 1 N–H and O–H groups in total. The molecule has 1 amide bonds. The second kappa shape index (κ2) is 10.5. The van der Waals surface area contributed by atoms with E-state index in [2.05, 4.69) is 5.32 Å². The second-order valence-corrected chi connectivity index (χ2v) is 3.92. The quantitative estimate of drug-likeness (QED) is 0.458. The van der Waals surface area contributed by atoms with Crippen LogP contribution in [-0.2, 0) is 14.3 Å². The van der Waals surface area contributed by atoms with Crippen LogP contribution in [-0.4, -0.2) is 57.5 Å². The molecule has 0 unspecified atom stereocenters. The number of nitrogens with zero attached hydrogens (tertiary/aromatic N) is 1. The van der Waals surface area contributed by atoms with Crippen molar-refractivity contribution in [1.29, 1.82) is 0 Å². The minimum atomic E-state index is -0.137. The molecule has 0 bridgehead atoms. The van der Waals surface area contributed by atoms with Gasteiger partial charge in [0, 0.05) is 46.7 Å². The molecule has 0 fully saturated rings. The van der Waals surface area contributed by atoms with E-state index in [0.29, 0.717) is 26.2 Å². The van der Waals surface area contributed by atoms with Crippen LogP contribution in [0.2, 0.25) is 0 Å². The van der Waals surface area contributed by atoms with E-state index in [4.69, 9.17) is 9.47 Å². The number of hydrogen-bond donors (Lipinski definition) is 1. The predicted octanol–water partition coefficient (Wildman–Crippen LogP) is 0.844. The number of carbonyl (C=O) groups excluding carboxylic acids is 1. The van der Waals surface area contributed by atoms with E-state index in [1.807, 2.05) is 13.8 Å². The molecule has 0 rings (SSSR count). The smallest absolute Gasteiger partial charge is 0.223 e. The van der Waals surface area contributed by atoms with Gasteiger partial charge in [0.1, 0.15) is 0 Å². The third-order valence-electron chi connectivity index (χ3n) is 2.28. The number of carbonyl (C=O) groups is 1. The molecule has 0 aliphatic heterocycles. The van der Waals surface area contributed by atoms with Gasteiger partial charge < -0.3 is 19.7 Å². The first-order valence-corrected chi connectivity index (χ1v) is 6.25. The predicted molar refractivity (Wildman–Crippen MR) is 67.8 cm³/mol. The maximum atomic E-state index is 11.3. The van der Waals surface area contributed by atoms with E-state index in [0.717, 1.165) is 13.0 Å². The highest BCUT2D eigenvalue weighted by atomic mass is 16.7. The lowest BCUT2D eigenvalue weighted by Gasteiger charge is -2.17. The Morgan fingerprint density at radius 3 is 2.24 bits per heavy atom. The second-order valence-electron chi connectivity index (χ2n) is 3.92. The van der Waals surface area contributed by atoms with Crippen molar-refractivity contribution in [3.05, 3.63) is 0 Å². The zero-order valence-electron chi connectivity index (χ0n) is 11.5. The summed E-state index contributed by atoms with van der Waals surface area (Å²) >= 11 is 0. The molecule has 5 nitrogen and oxygen atoms in total. The van der Waals surface area contributed by atoms with Crippen molar-refractivity contribution >= 4 is 5.91 Å². The molecule has 0 aromatic carbocycles. The maximum Gasteiger partial charge on any atom is 0.223 e. The normalized spacial score (nSPS) is 10.9. The Morgan fingerprint density at radius 1 is 1.18 bits per heavy atom. The van der Waals surface area contributed by atoms with Gasteiger partial charge in [0.2, 0.25) is 5.91 Å². The zero-order valence-corrected chi connectivity index (χ0v) is 11.5. The first-order valence-electron chi connectivity index (χ1n) is 6.25. The fourth-order valence-corrected chi connectivity index (χ4v) is 1.35. The largest absolute Gasteiger partial charge is 0.353 e. The summed E-state index contributed by atoms with van der Waals surface area (Å²) in [6.07, 6.45) is 1.20. The van der Waals surface area contributed by atoms with Gasteiger partial charge in [-0.15, -0.1) is 0 Å². The van der Waals surface area contributed by atoms with E-state index in [-0.39, 0.29) is 12.2 Å². The molecular formula is C12H26N2O3. The van der Waals surface area contributed by atoms with E-state index in [1.165, 1.54) is 0 Å². The number of rotatable bonds is 10. The lowest BCUT2D eigenvalue weighted by atomic mass is 10.3. The number of amides is 1. The van der Waals surface area contributed by atoms with Crippen LogP contribution in [0.15, 0.2) is 0 Å². The van der Waals surface area contributed by atoms with Crippen molar-refractivity contribution in [3.63, 3.8) is 0 Å². The molecule has 0 aromatic heterocycles. The summed E-state index contributed by atoms with van der Waals surface area (Å²) in [5, 5.41) is 3.21. The van der Waals surface area contributed by atoms with Crippen molar-refractivity contribution in [3.8, 4) is 0 Å². The molecule has 0 saturated heterocycles. The van der Waals surface area contributed by atoms with E-state index in [1.54, 1.807) is 19.0 Å². The van der Waals surface area contributed by atoms with Crippen LogP contribution >= 0.6 is 0 Å². The van der Waals surface area contributed by atoms with E-state index < -0.39 is 0 Å². The summed E-state index contributed by atoms with van der Waals surface area (Å²) in [4.78, 5) is 12.9. The van der Waals surface area contributed by atoms with E-state index >= 15 is 0 Å². The Hall–Kier alpha value is -0.650. The summed E-state index contributed by atoms with van der Waals surface area (Å²) in [6.45, 7) is 6.71. The number of hydrogen-bond acceptors (Lipinski definition) is 4. The van der Waals surface area contributed by atoms with Crippen molar-refractivity contribution in [2.45, 2.75) is 33.0 Å². The summed E-state index contributed by atoms with van der Waals surface area (Å²) in [5.74, 6) is 0.142. The first kappa shape index (κ1) is 16.4. The summed E-state index contributed by atoms with van der Waals surface area (Å²) < 4.78 is 10.8. The molecular weight excluding hydrogens is 220 g/mol. The molecule has 0 spiro atoms. The average molecular weight is 246 g/mol. The molecule has 0 atom stereocenters. The lowest BCUT2D eigenvalue weighted by Crippen LogP contribution is -2.29. The Morgan fingerprint density at radius 2 is 1.76 bits per heavy atom. The van der Waals surface area contributed by atoms with Gasteiger partial charge in [0.05, 0.1) is 0 Å². The van der Waals surface area contributed by atoms with Crippen LogP contribution in [0.25, 0.3) is 0 Å². The van der Waals surface area contributed by atoms with Gasteiger partial charge in [-0.2, -0.15) is 0 Å². The van der Waals surface area contributed by atoms with E-state index in [9.17, 15) is 4.79 Å². The summed E-state index contributed by atoms with van der Waals surface area (Å²) in [5.41, 5.74) is 0. The highest BCUT2D eigenvalue weighted by Gasteiger charge is 2.07. The van der Waals surface area contributed by atoms with Gasteiger partial charge in [-0.25, -0.2) is 0 Å². The molecule has 0 saturated carbocycles. The minimum Gasteiger partial charge on any atom is -0.353 e. The van der Waals surface area contributed by atoms with Crippen LogP contribution in [0.3, 0.4) is 0 Å². The monoisotopic (exact) mass is 246 g/mol. The SMILES string of the molecule is CCOC(CCNCCC(=O)N(C)C)OCC. The van der Waals surface area contributed by atoms with Crippen LogP contribution in [0.1, 0.15) is 26.7 Å². The van der Waals surface area contributed by atoms with Gasteiger partial charge in [-0.05, 0) is 20.4 Å². The lowest BCUT2D eigenvalue weighted by molar-refractivity contribution is -0.138. The fourth-order valence-electron chi connectivity index (χ4n) is 1.35. The van der Waals surface area contributed by atoms with Crippen molar-refractivity contribution in [2.75, 3.05) is 40.4 Å². The standard InChI is InChI=1S/C12H26N2O3/c1-5-16-12(17-6-2)8-10-13-9-7-11(15)14(3)4/h12-13H,5-10H2,1-4H3. The third kappa shape index (κ3) is 9.09. The van der Waals surface area contributed by atoms with Crippen LogP contribution in [0.5, 0.6) is 0 Å². The van der Waals surface area contributed by atoms with Gasteiger partial charge in [0.25, 0.3) is 0 Å². The summed E-state index contributed by atoms with van der Waals surface area (Å²) in [7, 11) is 3.53. The molecule has 102 valence electrons. The molecule has 5 heteroatoms. The fraction of sp³-hybridized carbons (Fsp3) is 0.917. The van der Waals surface area contributed by atoms with Crippen molar-refractivity contribution in [1.82, 2.24) is 10.2 Å². The van der Waals surface area contributed by atoms with Gasteiger partial charge in [0.15, 0.2) is 6.29 Å². The average Bonchev–Trinajstić information content (AvgIpc) is 2.28. The molecule has 17 heavy (non-hydrogen) atoms. The van der Waals surface area contributed by atoms with Crippen molar-refractivity contribution < 1.29 is 14.3 Å². The number of nitrogens with one attached hydrogen (secondary N) is 1. The highest BCUT2D eigenvalue weighted by Crippen LogP contribution is 1.99. The molecule has 0 radical (unpaired) electrons. The Bertz CT molecular complexity index is 192. The van der Waals surface area contributed by atoms with Gasteiger partial charge in [-0.3, -0.25) is 4.79 Å². The van der Waals surface area contributed by atoms with Crippen LogP contribution in [0.4, 0.5) is 0 Å². The van der Waals surface area contributed by atoms with Crippen LogP contribution < -0.4 is 5.32 Å². The highest BCUT2D eigenvalue weighted by molar-refractivity contribution is 5.75. The number of ether oxygens (including phenoxy) is 2. The Labute approximate surface area is 104 Å². The molecule has 0 aliphatic carbocycles. The topological polar surface area (TPSA) is 50.8 Å². The zero-order chi connectivity index (χ0) is 13.1.